The molecule has 2 heterocycles. The molecule has 1 aromatic heterocycles. The van der Waals surface area contributed by atoms with Crippen molar-refractivity contribution in [2.24, 2.45) is 5.92 Å². The molecule has 4 rings (SSSR count). The van der Waals surface area contributed by atoms with Gasteiger partial charge in [-0.25, -0.2) is 4.79 Å². The first kappa shape index (κ1) is 19.8. The highest BCUT2D eigenvalue weighted by atomic mass is 32.2. The molecule has 1 saturated heterocycles. The fourth-order valence-corrected chi connectivity index (χ4v) is 5.23. The summed E-state index contributed by atoms with van der Waals surface area (Å²) in [5.74, 6) is -0.161. The molecule has 0 atom stereocenters. The summed E-state index contributed by atoms with van der Waals surface area (Å²) in [6, 6.07) is 6.83. The molecule has 1 aliphatic heterocycles. The SMILES string of the molecule is CC1CCC2(CC1)NC(=O)N(CC(=O)Nc1ccccc1Sc1nncs1)C2=O. The van der Waals surface area contributed by atoms with Gasteiger partial charge in [0.15, 0.2) is 4.34 Å². The molecular formula is C19H21N5O3S2. The summed E-state index contributed by atoms with van der Waals surface area (Å²) < 4.78 is 0.759. The molecule has 4 amide bonds. The molecule has 29 heavy (non-hydrogen) atoms. The maximum Gasteiger partial charge on any atom is 0.325 e. The number of nitrogens with one attached hydrogen (secondary N) is 2. The summed E-state index contributed by atoms with van der Waals surface area (Å²) >= 11 is 2.80. The first-order chi connectivity index (χ1) is 14.0. The standard InChI is InChI=1S/C19H21N5O3S2/c1-12-6-8-19(9-7-12)16(26)24(17(27)22-19)10-15(25)21-13-4-2-3-5-14(13)29-18-23-20-11-28-18/h2-5,11-12H,6-10H2,1H3,(H,21,25)(H,22,27). The molecule has 152 valence electrons. The average Bonchev–Trinajstić information content (AvgIpc) is 3.29. The van der Waals surface area contributed by atoms with Crippen LogP contribution in [0.25, 0.3) is 0 Å². The Balaban J connectivity index is 1.43. The van der Waals surface area contributed by atoms with E-state index in [1.54, 1.807) is 11.6 Å². The fourth-order valence-electron chi connectivity index (χ4n) is 3.71. The minimum atomic E-state index is -0.838. The van der Waals surface area contributed by atoms with Crippen molar-refractivity contribution in [1.29, 1.82) is 0 Å². The Hall–Kier alpha value is -2.46. The molecule has 0 radical (unpaired) electrons. The number of carbonyl (C=O) groups excluding carboxylic acids is 3. The van der Waals surface area contributed by atoms with Crippen LogP contribution in [0.5, 0.6) is 0 Å². The van der Waals surface area contributed by atoms with Crippen LogP contribution in [0.1, 0.15) is 32.6 Å². The number of amides is 4. The van der Waals surface area contributed by atoms with Gasteiger partial charge < -0.3 is 10.6 Å². The van der Waals surface area contributed by atoms with Gasteiger partial charge >= 0.3 is 6.03 Å². The topological polar surface area (TPSA) is 104 Å². The largest absolute Gasteiger partial charge is 0.325 e. The van der Waals surface area contributed by atoms with E-state index >= 15 is 0 Å². The van der Waals surface area contributed by atoms with E-state index in [0.717, 1.165) is 27.0 Å². The molecule has 8 nitrogen and oxygen atoms in total. The Morgan fingerprint density at radius 2 is 2.10 bits per heavy atom. The first-order valence-electron chi connectivity index (χ1n) is 9.44. The normalized spacial score (nSPS) is 24.0. The Labute approximate surface area is 176 Å². The number of imide groups is 1. The first-order valence-corrected chi connectivity index (χ1v) is 11.1. The van der Waals surface area contributed by atoms with Gasteiger partial charge in [-0.05, 0) is 43.7 Å². The van der Waals surface area contributed by atoms with Gasteiger partial charge in [-0.3, -0.25) is 14.5 Å². The third-order valence-corrected chi connectivity index (χ3v) is 7.23. The molecule has 1 saturated carbocycles. The molecule has 1 spiro atoms. The smallest absolute Gasteiger partial charge is 0.323 e. The van der Waals surface area contributed by atoms with E-state index in [-0.39, 0.29) is 12.5 Å². The number of carbonyl (C=O) groups is 3. The van der Waals surface area contributed by atoms with Crippen LogP contribution in [0.15, 0.2) is 39.0 Å². The highest BCUT2D eigenvalue weighted by Crippen LogP contribution is 2.37. The van der Waals surface area contributed by atoms with E-state index in [9.17, 15) is 14.4 Å². The van der Waals surface area contributed by atoms with Crippen molar-refractivity contribution in [1.82, 2.24) is 20.4 Å². The second kappa shape index (κ2) is 8.11. The Kier molecular flexibility index (Phi) is 5.55. The molecule has 1 aliphatic carbocycles. The van der Waals surface area contributed by atoms with Crippen LogP contribution >= 0.6 is 23.1 Å². The number of nitrogens with zero attached hydrogens (tertiary/aromatic N) is 3. The van der Waals surface area contributed by atoms with Crippen LogP contribution in [0.2, 0.25) is 0 Å². The number of hydrogen-bond donors (Lipinski definition) is 2. The Morgan fingerprint density at radius 3 is 2.83 bits per heavy atom. The number of aromatic nitrogens is 2. The molecule has 0 bridgehead atoms. The van der Waals surface area contributed by atoms with Crippen molar-refractivity contribution >= 4 is 46.6 Å². The molecule has 2 N–H and O–H groups in total. The van der Waals surface area contributed by atoms with E-state index in [4.69, 9.17) is 0 Å². The second-order valence-corrected chi connectivity index (χ2v) is 9.56. The summed E-state index contributed by atoms with van der Waals surface area (Å²) in [4.78, 5) is 39.8. The van der Waals surface area contributed by atoms with Crippen molar-refractivity contribution in [2.45, 2.75) is 47.4 Å². The fraction of sp³-hybridized carbons (Fsp3) is 0.421. The minimum absolute atomic E-state index is 0.291. The highest BCUT2D eigenvalue weighted by molar-refractivity contribution is 8.01. The third kappa shape index (κ3) is 4.13. The predicted octanol–water partition coefficient (Wildman–Crippen LogP) is 3.13. The lowest BCUT2D eigenvalue weighted by Gasteiger charge is -2.33. The number of hydrogen-bond acceptors (Lipinski definition) is 7. The lowest BCUT2D eigenvalue weighted by molar-refractivity contribution is -0.135. The lowest BCUT2D eigenvalue weighted by Crippen LogP contribution is -2.49. The number of anilines is 1. The van der Waals surface area contributed by atoms with E-state index in [1.165, 1.54) is 23.1 Å². The Bertz CT molecular complexity index is 926. The minimum Gasteiger partial charge on any atom is -0.323 e. The third-order valence-electron chi connectivity index (χ3n) is 5.37. The van der Waals surface area contributed by atoms with Gasteiger partial charge in [-0.2, -0.15) is 0 Å². The van der Waals surface area contributed by atoms with Gasteiger partial charge in [-0.1, -0.05) is 42.2 Å². The summed E-state index contributed by atoms with van der Waals surface area (Å²) in [7, 11) is 0. The molecule has 2 aliphatic rings. The van der Waals surface area contributed by atoms with Crippen molar-refractivity contribution in [2.75, 3.05) is 11.9 Å². The number of urea groups is 1. The van der Waals surface area contributed by atoms with E-state index in [0.29, 0.717) is 24.4 Å². The van der Waals surface area contributed by atoms with Gasteiger partial charge in [0.2, 0.25) is 5.91 Å². The number of rotatable bonds is 5. The highest BCUT2D eigenvalue weighted by Gasteiger charge is 2.52. The molecule has 1 aromatic carbocycles. The zero-order valence-corrected chi connectivity index (χ0v) is 17.5. The van der Waals surface area contributed by atoms with Crippen LogP contribution in [0.4, 0.5) is 10.5 Å². The van der Waals surface area contributed by atoms with Crippen LogP contribution < -0.4 is 10.6 Å². The van der Waals surface area contributed by atoms with Crippen LogP contribution in [0.3, 0.4) is 0 Å². The van der Waals surface area contributed by atoms with Gasteiger partial charge in [0.05, 0.1) is 5.69 Å². The molecule has 2 fully saturated rings. The van der Waals surface area contributed by atoms with Crippen LogP contribution in [-0.4, -0.2) is 45.0 Å². The maximum atomic E-state index is 12.9. The molecule has 2 aromatic rings. The zero-order valence-electron chi connectivity index (χ0n) is 15.9. The van der Waals surface area contributed by atoms with E-state index < -0.39 is 17.5 Å². The van der Waals surface area contributed by atoms with Crippen LogP contribution in [-0.2, 0) is 9.59 Å². The van der Waals surface area contributed by atoms with Gasteiger partial charge in [-0.15, -0.1) is 10.2 Å². The number of benzene rings is 1. The van der Waals surface area contributed by atoms with Crippen molar-refractivity contribution in [3.05, 3.63) is 29.8 Å². The predicted molar refractivity (Wildman–Crippen MR) is 110 cm³/mol. The van der Waals surface area contributed by atoms with E-state index in [1.807, 2.05) is 18.2 Å². The lowest BCUT2D eigenvalue weighted by atomic mass is 9.77. The summed E-state index contributed by atoms with van der Waals surface area (Å²) in [5.41, 5.74) is 1.41. The van der Waals surface area contributed by atoms with Gasteiger partial charge in [0.1, 0.15) is 17.6 Å². The van der Waals surface area contributed by atoms with Crippen molar-refractivity contribution in [3.63, 3.8) is 0 Å². The van der Waals surface area contributed by atoms with Gasteiger partial charge in [0.25, 0.3) is 5.91 Å². The maximum absolute atomic E-state index is 12.9. The second-order valence-electron chi connectivity index (χ2n) is 7.44. The zero-order chi connectivity index (χ0) is 20.4. The average molecular weight is 432 g/mol. The van der Waals surface area contributed by atoms with Gasteiger partial charge in [0, 0.05) is 4.90 Å². The van der Waals surface area contributed by atoms with Crippen molar-refractivity contribution < 1.29 is 14.4 Å². The molecular weight excluding hydrogens is 410 g/mol. The van der Waals surface area contributed by atoms with E-state index in [2.05, 4.69) is 27.8 Å². The van der Waals surface area contributed by atoms with Crippen LogP contribution in [0, 0.1) is 5.92 Å². The summed E-state index contributed by atoms with van der Waals surface area (Å²) in [6.07, 6.45) is 3.03. The quantitative estimate of drug-likeness (QED) is 0.705. The Morgan fingerprint density at radius 1 is 1.34 bits per heavy atom. The molecule has 0 unspecified atom stereocenters. The summed E-state index contributed by atoms with van der Waals surface area (Å²) in [6.45, 7) is 1.84. The monoisotopic (exact) mass is 431 g/mol. The van der Waals surface area contributed by atoms with Crippen molar-refractivity contribution in [3.8, 4) is 0 Å². The number of para-hydroxylation sites is 1. The molecule has 10 heteroatoms. The summed E-state index contributed by atoms with van der Waals surface area (Å²) in [5, 5.41) is 13.5.